The minimum atomic E-state index is -0.413. The van der Waals surface area contributed by atoms with E-state index >= 15 is 0 Å². The molecule has 0 saturated carbocycles. The Bertz CT molecular complexity index is 1220. The Kier molecular flexibility index (Phi) is 6.03. The first-order valence-electron chi connectivity index (χ1n) is 10.7. The highest BCUT2D eigenvalue weighted by Gasteiger charge is 2.32. The van der Waals surface area contributed by atoms with E-state index in [9.17, 15) is 10.1 Å². The van der Waals surface area contributed by atoms with E-state index in [1.165, 1.54) is 12.0 Å². The summed E-state index contributed by atoms with van der Waals surface area (Å²) >= 11 is 1.61. The Morgan fingerprint density at radius 1 is 1.28 bits per heavy atom. The van der Waals surface area contributed by atoms with Crippen molar-refractivity contribution in [2.24, 2.45) is 16.3 Å². The summed E-state index contributed by atoms with van der Waals surface area (Å²) in [6.45, 7) is 6.86. The Balaban J connectivity index is 1.60. The zero-order valence-electron chi connectivity index (χ0n) is 18.8. The first kappa shape index (κ1) is 22.0. The standard InChI is InChI=1S/C26H26N2O3S/c1-26(2,3)16-9-11-19-21(14-27)24(32-23(19)13-16)28-15-17-10-12-22(31-17)18-7-5-6-8-20(18)25(29)30-4/h5-8,10,12,15-16H,9,11,13H2,1-4H3/t16-/m1/s1. The highest BCUT2D eigenvalue weighted by Crippen LogP contribution is 2.44. The van der Waals surface area contributed by atoms with Crippen molar-refractivity contribution in [3.05, 3.63) is 63.7 Å². The Labute approximate surface area is 192 Å². The van der Waals surface area contributed by atoms with E-state index in [0.717, 1.165) is 29.8 Å². The summed E-state index contributed by atoms with van der Waals surface area (Å²) in [6, 6.07) is 13.1. The van der Waals surface area contributed by atoms with Gasteiger partial charge in [0.25, 0.3) is 0 Å². The van der Waals surface area contributed by atoms with Crippen molar-refractivity contribution in [3.8, 4) is 17.4 Å². The maximum Gasteiger partial charge on any atom is 0.338 e. The Morgan fingerprint density at radius 3 is 2.78 bits per heavy atom. The molecule has 0 unspecified atom stereocenters. The van der Waals surface area contributed by atoms with Crippen molar-refractivity contribution in [2.75, 3.05) is 7.11 Å². The number of esters is 1. The lowest BCUT2D eigenvalue weighted by molar-refractivity contribution is 0.0601. The van der Waals surface area contributed by atoms with Gasteiger partial charge in [-0.1, -0.05) is 39.0 Å². The van der Waals surface area contributed by atoms with E-state index in [1.54, 1.807) is 29.7 Å². The number of hydrogen-bond acceptors (Lipinski definition) is 6. The van der Waals surface area contributed by atoms with Gasteiger partial charge in [0.1, 0.15) is 22.6 Å². The summed E-state index contributed by atoms with van der Waals surface area (Å²) in [4.78, 5) is 17.9. The van der Waals surface area contributed by atoms with E-state index < -0.39 is 5.97 Å². The quantitative estimate of drug-likeness (QED) is 0.336. The highest BCUT2D eigenvalue weighted by molar-refractivity contribution is 7.16. The van der Waals surface area contributed by atoms with E-state index in [1.807, 2.05) is 24.3 Å². The fourth-order valence-corrected chi connectivity index (χ4v) is 5.41. The average molecular weight is 447 g/mol. The van der Waals surface area contributed by atoms with Crippen LogP contribution in [0.5, 0.6) is 0 Å². The van der Waals surface area contributed by atoms with Gasteiger partial charge in [-0.2, -0.15) is 5.26 Å². The number of ether oxygens (including phenoxy) is 1. The fourth-order valence-electron chi connectivity index (χ4n) is 4.19. The van der Waals surface area contributed by atoms with Crippen molar-refractivity contribution >= 4 is 28.5 Å². The number of rotatable bonds is 4. The number of carbonyl (C=O) groups is 1. The third kappa shape index (κ3) is 4.26. The molecule has 0 saturated heterocycles. The number of methoxy groups -OCH3 is 1. The van der Waals surface area contributed by atoms with Crippen molar-refractivity contribution in [1.82, 2.24) is 0 Å². The van der Waals surface area contributed by atoms with Gasteiger partial charge in [0.2, 0.25) is 0 Å². The lowest BCUT2D eigenvalue weighted by Gasteiger charge is -2.33. The van der Waals surface area contributed by atoms with Gasteiger partial charge in [0, 0.05) is 10.4 Å². The largest absolute Gasteiger partial charge is 0.465 e. The molecule has 4 rings (SSSR count). The molecule has 164 valence electrons. The summed E-state index contributed by atoms with van der Waals surface area (Å²) in [6.07, 6.45) is 4.68. The molecule has 0 bridgehead atoms. The van der Waals surface area contributed by atoms with Gasteiger partial charge in [0.05, 0.1) is 24.5 Å². The number of nitriles is 1. The van der Waals surface area contributed by atoms with Gasteiger partial charge in [-0.05, 0) is 54.4 Å². The van der Waals surface area contributed by atoms with E-state index in [-0.39, 0.29) is 5.41 Å². The van der Waals surface area contributed by atoms with Gasteiger partial charge in [-0.3, -0.25) is 0 Å². The third-order valence-corrected chi connectivity index (χ3v) is 7.28. The molecule has 5 nitrogen and oxygen atoms in total. The van der Waals surface area contributed by atoms with Crippen LogP contribution in [0, 0.1) is 22.7 Å². The van der Waals surface area contributed by atoms with Gasteiger partial charge < -0.3 is 9.15 Å². The molecule has 6 heteroatoms. The normalized spacial score (nSPS) is 16.0. The molecule has 2 heterocycles. The maximum absolute atomic E-state index is 12.1. The molecule has 0 amide bonds. The van der Waals surface area contributed by atoms with Crippen LogP contribution in [0.2, 0.25) is 0 Å². The van der Waals surface area contributed by atoms with Gasteiger partial charge >= 0.3 is 5.97 Å². The Morgan fingerprint density at radius 2 is 2.06 bits per heavy atom. The molecule has 2 aromatic heterocycles. The summed E-state index contributed by atoms with van der Waals surface area (Å²) in [5.74, 6) is 1.32. The molecule has 1 atom stereocenters. The predicted molar refractivity (Wildman–Crippen MR) is 127 cm³/mol. The van der Waals surface area contributed by atoms with Crippen molar-refractivity contribution in [2.45, 2.75) is 40.0 Å². The number of aliphatic imine (C=N–C) groups is 1. The molecule has 0 radical (unpaired) electrons. The van der Waals surface area contributed by atoms with E-state index in [4.69, 9.17) is 9.15 Å². The lowest BCUT2D eigenvalue weighted by Crippen LogP contribution is -2.26. The van der Waals surface area contributed by atoms with Crippen LogP contribution >= 0.6 is 11.3 Å². The summed E-state index contributed by atoms with van der Waals surface area (Å²) < 4.78 is 10.8. The first-order valence-corrected chi connectivity index (χ1v) is 11.5. The van der Waals surface area contributed by atoms with Crippen molar-refractivity contribution in [3.63, 3.8) is 0 Å². The monoisotopic (exact) mass is 446 g/mol. The number of fused-ring (bicyclic) bond motifs is 1. The SMILES string of the molecule is COC(=O)c1ccccc1-c1ccc(C=Nc2sc3c(c2C#N)CC[C@@H](C(C)(C)C)C3)o1. The summed E-state index contributed by atoms with van der Waals surface area (Å²) in [5.41, 5.74) is 3.22. The average Bonchev–Trinajstić information content (AvgIpc) is 3.40. The molecule has 0 aliphatic heterocycles. The zero-order chi connectivity index (χ0) is 22.9. The molecule has 0 fully saturated rings. The summed E-state index contributed by atoms with van der Waals surface area (Å²) in [5, 5.41) is 10.5. The van der Waals surface area contributed by atoms with Crippen LogP contribution in [0.1, 0.15) is 59.3 Å². The predicted octanol–water partition coefficient (Wildman–Crippen LogP) is 6.57. The minimum Gasteiger partial charge on any atom is -0.465 e. The van der Waals surface area contributed by atoms with Gasteiger partial charge in [-0.15, -0.1) is 11.3 Å². The van der Waals surface area contributed by atoms with Gasteiger partial charge in [-0.25, -0.2) is 9.79 Å². The second-order valence-corrected chi connectivity index (χ2v) is 10.2. The number of carbonyl (C=O) groups excluding carboxylic acids is 1. The molecule has 1 aromatic carbocycles. The lowest BCUT2D eigenvalue weighted by atomic mass is 9.72. The topological polar surface area (TPSA) is 75.6 Å². The Hall–Kier alpha value is -3.17. The van der Waals surface area contributed by atoms with Crippen LogP contribution in [-0.4, -0.2) is 19.3 Å². The van der Waals surface area contributed by atoms with Crippen LogP contribution in [0.3, 0.4) is 0 Å². The number of benzene rings is 1. The number of nitrogens with zero attached hydrogens (tertiary/aromatic N) is 2. The van der Waals surface area contributed by atoms with Crippen molar-refractivity contribution in [1.29, 1.82) is 5.26 Å². The molecule has 32 heavy (non-hydrogen) atoms. The second kappa shape index (κ2) is 8.76. The zero-order valence-corrected chi connectivity index (χ0v) is 19.6. The molecule has 0 spiro atoms. The van der Waals surface area contributed by atoms with Gasteiger partial charge in [0.15, 0.2) is 0 Å². The number of furan rings is 1. The summed E-state index contributed by atoms with van der Waals surface area (Å²) in [7, 11) is 1.36. The molecular weight excluding hydrogens is 420 g/mol. The van der Waals surface area contributed by atoms with Crippen LogP contribution < -0.4 is 0 Å². The molecule has 3 aromatic rings. The van der Waals surface area contributed by atoms with E-state index in [0.29, 0.717) is 34.1 Å². The highest BCUT2D eigenvalue weighted by atomic mass is 32.1. The molecular formula is C26H26N2O3S. The molecule has 1 aliphatic carbocycles. The fraction of sp³-hybridized carbons (Fsp3) is 0.346. The molecule has 1 aliphatic rings. The van der Waals surface area contributed by atoms with Crippen LogP contribution in [0.15, 0.2) is 45.8 Å². The van der Waals surface area contributed by atoms with Crippen molar-refractivity contribution < 1.29 is 13.9 Å². The minimum absolute atomic E-state index is 0.253. The van der Waals surface area contributed by atoms with E-state index in [2.05, 4.69) is 31.8 Å². The third-order valence-electron chi connectivity index (χ3n) is 6.12. The van der Waals surface area contributed by atoms with Crippen LogP contribution in [-0.2, 0) is 17.6 Å². The second-order valence-electron chi connectivity index (χ2n) is 9.10. The molecule has 0 N–H and O–H groups in total. The van der Waals surface area contributed by atoms with Crippen LogP contribution in [0.4, 0.5) is 5.00 Å². The smallest absolute Gasteiger partial charge is 0.338 e. The maximum atomic E-state index is 12.1. The number of hydrogen-bond donors (Lipinski definition) is 0. The first-order chi connectivity index (χ1) is 15.3. The van der Waals surface area contributed by atoms with Crippen LogP contribution in [0.25, 0.3) is 11.3 Å². The number of thiophene rings is 1.